The molecule has 3 heteroatoms. The summed E-state index contributed by atoms with van der Waals surface area (Å²) in [6.45, 7) is 8.91. The van der Waals surface area contributed by atoms with Gasteiger partial charge in [-0.1, -0.05) is 12.5 Å². The minimum absolute atomic E-state index is 0.355. The molecule has 0 aliphatic heterocycles. The highest BCUT2D eigenvalue weighted by atomic mass is 16.4. The Balaban J connectivity index is 2.25. The Bertz CT molecular complexity index is 667. The van der Waals surface area contributed by atoms with E-state index in [1.54, 1.807) is 12.1 Å². The molecular weight excluding hydrogens is 262 g/mol. The number of hydrogen-bond acceptors (Lipinski definition) is 1. The van der Waals surface area contributed by atoms with Crippen molar-refractivity contribution < 1.29 is 9.90 Å². The molecule has 0 spiro atoms. The van der Waals surface area contributed by atoms with Gasteiger partial charge in [0.2, 0.25) is 0 Å². The second kappa shape index (κ2) is 6.61. The predicted octanol–water partition coefficient (Wildman–Crippen LogP) is 4.70. The van der Waals surface area contributed by atoms with Crippen LogP contribution in [-0.4, -0.2) is 15.6 Å². The lowest BCUT2D eigenvalue weighted by molar-refractivity contribution is 0.0697. The van der Waals surface area contributed by atoms with Crippen molar-refractivity contribution in [1.82, 2.24) is 4.57 Å². The molecule has 0 radical (unpaired) electrons. The van der Waals surface area contributed by atoms with Crippen LogP contribution in [0.5, 0.6) is 0 Å². The highest BCUT2D eigenvalue weighted by molar-refractivity contribution is 5.95. The molecule has 0 atom stereocenters. The first kappa shape index (κ1) is 15.4. The van der Waals surface area contributed by atoms with E-state index in [0.29, 0.717) is 5.56 Å². The van der Waals surface area contributed by atoms with Gasteiger partial charge < -0.3 is 9.67 Å². The number of rotatable bonds is 7. The van der Waals surface area contributed by atoms with Crippen LogP contribution in [-0.2, 0) is 6.54 Å². The summed E-state index contributed by atoms with van der Waals surface area (Å²) < 4.78 is 2.31. The first-order chi connectivity index (χ1) is 10.1. The van der Waals surface area contributed by atoms with Crippen LogP contribution in [0.25, 0.3) is 10.9 Å². The smallest absolute Gasteiger partial charge is 0.335 e. The monoisotopic (exact) mass is 285 g/mol. The lowest BCUT2D eigenvalue weighted by Crippen LogP contribution is -2.01. The molecule has 3 nitrogen and oxygen atoms in total. The Labute approximate surface area is 125 Å². The van der Waals surface area contributed by atoms with Gasteiger partial charge in [-0.25, -0.2) is 4.79 Å². The summed E-state index contributed by atoms with van der Waals surface area (Å²) in [6.07, 6.45) is 6.56. The van der Waals surface area contributed by atoms with Gasteiger partial charge in [-0.3, -0.25) is 0 Å². The number of unbranched alkanes of at least 4 members (excludes halogenated alkanes) is 3. The average molecular weight is 285 g/mol. The zero-order valence-electron chi connectivity index (χ0n) is 12.9. The molecule has 2 rings (SSSR count). The molecule has 0 fully saturated rings. The van der Waals surface area contributed by atoms with Crippen LogP contribution in [0.1, 0.15) is 47.3 Å². The second-order valence-corrected chi connectivity index (χ2v) is 5.54. The van der Waals surface area contributed by atoms with Gasteiger partial charge in [0.15, 0.2) is 0 Å². The first-order valence-corrected chi connectivity index (χ1v) is 7.50. The van der Waals surface area contributed by atoms with Crippen molar-refractivity contribution in [2.75, 3.05) is 0 Å². The van der Waals surface area contributed by atoms with Gasteiger partial charge in [0.05, 0.1) is 5.56 Å². The molecule has 0 saturated heterocycles. The van der Waals surface area contributed by atoms with Crippen molar-refractivity contribution in [2.45, 2.75) is 46.1 Å². The molecule has 0 aliphatic rings. The normalized spacial score (nSPS) is 11.0. The van der Waals surface area contributed by atoms with Crippen LogP contribution in [0.4, 0.5) is 0 Å². The van der Waals surface area contributed by atoms with Crippen molar-refractivity contribution in [2.24, 2.45) is 0 Å². The maximum atomic E-state index is 11.1. The summed E-state index contributed by atoms with van der Waals surface area (Å²) in [6, 6.07) is 5.41. The third-order valence-corrected chi connectivity index (χ3v) is 4.18. The quantitative estimate of drug-likeness (QED) is 0.591. The maximum absolute atomic E-state index is 11.1. The van der Waals surface area contributed by atoms with Crippen molar-refractivity contribution in [3.63, 3.8) is 0 Å². The van der Waals surface area contributed by atoms with Gasteiger partial charge >= 0.3 is 5.97 Å². The number of carboxylic acid groups (broad SMARTS) is 1. The van der Waals surface area contributed by atoms with E-state index in [4.69, 9.17) is 5.11 Å². The number of nitrogens with zero attached hydrogens (tertiary/aromatic N) is 1. The van der Waals surface area contributed by atoms with Gasteiger partial charge in [0, 0.05) is 23.1 Å². The molecule has 1 N–H and O–H groups in total. The zero-order chi connectivity index (χ0) is 15.4. The van der Waals surface area contributed by atoms with Gasteiger partial charge in [-0.2, -0.15) is 0 Å². The van der Waals surface area contributed by atoms with E-state index in [1.165, 1.54) is 24.1 Å². The molecule has 1 heterocycles. The van der Waals surface area contributed by atoms with Crippen LogP contribution in [0.15, 0.2) is 30.9 Å². The van der Waals surface area contributed by atoms with Crippen LogP contribution in [0.3, 0.4) is 0 Å². The number of hydrogen-bond donors (Lipinski definition) is 1. The molecule has 0 amide bonds. The van der Waals surface area contributed by atoms with Gasteiger partial charge in [0.1, 0.15) is 0 Å². The Morgan fingerprint density at radius 3 is 2.71 bits per heavy atom. The molecule has 0 bridgehead atoms. The van der Waals surface area contributed by atoms with Crippen LogP contribution < -0.4 is 0 Å². The Morgan fingerprint density at radius 1 is 1.29 bits per heavy atom. The SMILES string of the molecule is C=CCCCCCn1c(C)c(C)c2cc(C(=O)O)ccc21. The summed E-state index contributed by atoms with van der Waals surface area (Å²) in [5.41, 5.74) is 3.91. The van der Waals surface area contributed by atoms with Crippen molar-refractivity contribution in [3.8, 4) is 0 Å². The van der Waals surface area contributed by atoms with Crippen LogP contribution in [0, 0.1) is 13.8 Å². The van der Waals surface area contributed by atoms with Crippen molar-refractivity contribution in [1.29, 1.82) is 0 Å². The lowest BCUT2D eigenvalue weighted by Gasteiger charge is -2.08. The Morgan fingerprint density at radius 2 is 2.05 bits per heavy atom. The number of fused-ring (bicyclic) bond motifs is 1. The Kier molecular flexibility index (Phi) is 4.84. The van der Waals surface area contributed by atoms with Crippen LogP contribution in [0.2, 0.25) is 0 Å². The highest BCUT2D eigenvalue weighted by Gasteiger charge is 2.13. The van der Waals surface area contributed by atoms with Gasteiger partial charge in [-0.05, 0) is 56.9 Å². The fourth-order valence-electron chi connectivity index (χ4n) is 2.81. The minimum atomic E-state index is -0.869. The third-order valence-electron chi connectivity index (χ3n) is 4.18. The maximum Gasteiger partial charge on any atom is 0.335 e. The summed E-state index contributed by atoms with van der Waals surface area (Å²) in [7, 11) is 0. The lowest BCUT2D eigenvalue weighted by atomic mass is 10.1. The van der Waals surface area contributed by atoms with E-state index in [-0.39, 0.29) is 0 Å². The second-order valence-electron chi connectivity index (χ2n) is 5.54. The van der Waals surface area contributed by atoms with Crippen molar-refractivity contribution >= 4 is 16.9 Å². The number of allylic oxidation sites excluding steroid dienone is 1. The van der Waals surface area contributed by atoms with E-state index in [0.717, 1.165) is 30.3 Å². The Hall–Kier alpha value is -2.03. The van der Waals surface area contributed by atoms with E-state index < -0.39 is 5.97 Å². The average Bonchev–Trinajstić information content (AvgIpc) is 2.71. The molecular formula is C18H23NO2. The number of benzene rings is 1. The minimum Gasteiger partial charge on any atom is -0.478 e. The third kappa shape index (κ3) is 3.18. The highest BCUT2D eigenvalue weighted by Crippen LogP contribution is 2.27. The topological polar surface area (TPSA) is 42.2 Å². The molecule has 1 aromatic heterocycles. The largest absolute Gasteiger partial charge is 0.478 e. The molecule has 21 heavy (non-hydrogen) atoms. The van der Waals surface area contributed by atoms with E-state index in [2.05, 4.69) is 25.0 Å². The number of aryl methyl sites for hydroxylation is 2. The first-order valence-electron chi connectivity index (χ1n) is 7.50. The fraction of sp³-hybridized carbons (Fsp3) is 0.389. The standard InChI is InChI=1S/C18H23NO2/c1-4-5-6-7-8-11-19-14(3)13(2)16-12-15(18(20)21)9-10-17(16)19/h4,9-10,12H,1,5-8,11H2,2-3H3,(H,20,21). The number of aromatic carboxylic acids is 1. The van der Waals surface area contributed by atoms with Gasteiger partial charge in [0.25, 0.3) is 0 Å². The summed E-state index contributed by atoms with van der Waals surface area (Å²) in [5, 5.41) is 10.2. The van der Waals surface area contributed by atoms with E-state index >= 15 is 0 Å². The summed E-state index contributed by atoms with van der Waals surface area (Å²) in [4.78, 5) is 11.1. The number of carboxylic acids is 1. The van der Waals surface area contributed by atoms with E-state index in [9.17, 15) is 4.79 Å². The zero-order valence-corrected chi connectivity index (χ0v) is 12.9. The predicted molar refractivity (Wildman–Crippen MR) is 87.0 cm³/mol. The molecule has 0 aliphatic carbocycles. The van der Waals surface area contributed by atoms with E-state index in [1.807, 2.05) is 12.1 Å². The van der Waals surface area contributed by atoms with Gasteiger partial charge in [-0.15, -0.1) is 6.58 Å². The summed E-state index contributed by atoms with van der Waals surface area (Å²) >= 11 is 0. The van der Waals surface area contributed by atoms with Crippen molar-refractivity contribution in [3.05, 3.63) is 47.7 Å². The number of aromatic nitrogens is 1. The molecule has 1 aromatic carbocycles. The molecule has 112 valence electrons. The number of carbonyl (C=O) groups is 1. The van der Waals surface area contributed by atoms with Crippen LogP contribution >= 0.6 is 0 Å². The molecule has 2 aromatic rings. The fourth-order valence-corrected chi connectivity index (χ4v) is 2.81. The molecule has 0 saturated carbocycles. The summed E-state index contributed by atoms with van der Waals surface area (Å²) in [5.74, 6) is -0.869. The molecule has 0 unspecified atom stereocenters.